The molecule has 1 aliphatic heterocycles. The van der Waals surface area contributed by atoms with Crippen LogP contribution in [0.15, 0.2) is 60.7 Å². The quantitative estimate of drug-likeness (QED) is 0.189. The molecular weight excluding hydrogens is 589 g/mol. The number of amidine groups is 2. The van der Waals surface area contributed by atoms with Crippen LogP contribution in [0.3, 0.4) is 0 Å². The molecule has 0 saturated carbocycles. The SMILES string of the molecule is CC(=N)N1CCC(Oc2ccc(N(Cc3ccc4ccc(C(=N)N)cc4c3)S(=O)(=O)CCC(=O)O)cc2)CC1.Cl.Cl. The number of halogens is 2. The first-order valence-electron chi connectivity index (χ1n) is 12.7. The molecule has 0 aromatic heterocycles. The molecule has 13 heteroatoms. The summed E-state index contributed by atoms with van der Waals surface area (Å²) in [6.07, 6.45) is 1.09. The van der Waals surface area contributed by atoms with Gasteiger partial charge in [0.1, 0.15) is 17.7 Å². The van der Waals surface area contributed by atoms with Crippen molar-refractivity contribution in [3.63, 3.8) is 0 Å². The lowest BCUT2D eigenvalue weighted by atomic mass is 10.0. The second kappa shape index (κ2) is 14.4. The number of carboxylic acids is 1. The zero-order valence-electron chi connectivity index (χ0n) is 22.6. The molecule has 0 atom stereocenters. The summed E-state index contributed by atoms with van der Waals surface area (Å²) in [5.41, 5.74) is 7.31. The number of carbonyl (C=O) groups is 1. The fourth-order valence-corrected chi connectivity index (χ4v) is 6.04. The van der Waals surface area contributed by atoms with E-state index in [2.05, 4.69) is 0 Å². The number of rotatable bonds is 10. The molecule has 0 bridgehead atoms. The second-order valence-electron chi connectivity index (χ2n) is 9.66. The van der Waals surface area contributed by atoms with E-state index in [0.717, 1.165) is 36.7 Å². The molecule has 0 amide bonds. The first kappa shape index (κ1) is 33.7. The fourth-order valence-electron chi connectivity index (χ4n) is 4.60. The maximum Gasteiger partial charge on any atom is 0.304 e. The zero-order valence-corrected chi connectivity index (χ0v) is 25.0. The van der Waals surface area contributed by atoms with Gasteiger partial charge in [-0.15, -0.1) is 24.8 Å². The highest BCUT2D eigenvalue weighted by molar-refractivity contribution is 7.92. The van der Waals surface area contributed by atoms with Crippen molar-refractivity contribution >= 4 is 68.9 Å². The van der Waals surface area contributed by atoms with E-state index < -0.39 is 28.2 Å². The zero-order chi connectivity index (χ0) is 28.2. The number of nitrogens with one attached hydrogen (secondary N) is 2. The Hall–Kier alpha value is -3.54. The molecule has 1 aliphatic rings. The van der Waals surface area contributed by atoms with Crippen LogP contribution in [-0.2, 0) is 21.4 Å². The Morgan fingerprint density at radius 1 is 1.02 bits per heavy atom. The summed E-state index contributed by atoms with van der Waals surface area (Å²) in [6, 6.07) is 17.7. The maximum atomic E-state index is 13.3. The van der Waals surface area contributed by atoms with Crippen LogP contribution >= 0.6 is 24.8 Å². The number of nitrogens with zero attached hydrogens (tertiary/aromatic N) is 2. The third kappa shape index (κ3) is 8.72. The van der Waals surface area contributed by atoms with Gasteiger partial charge >= 0.3 is 5.97 Å². The molecule has 3 aromatic rings. The summed E-state index contributed by atoms with van der Waals surface area (Å²) >= 11 is 0. The van der Waals surface area contributed by atoms with Gasteiger partial charge in [-0.25, -0.2) is 8.42 Å². The molecule has 0 aliphatic carbocycles. The van der Waals surface area contributed by atoms with E-state index in [-0.39, 0.29) is 43.3 Å². The van der Waals surface area contributed by atoms with E-state index >= 15 is 0 Å². The molecule has 4 rings (SSSR count). The number of nitrogen functional groups attached to an aromatic ring is 1. The third-order valence-corrected chi connectivity index (χ3v) is 8.53. The molecule has 1 heterocycles. The van der Waals surface area contributed by atoms with E-state index in [1.807, 2.05) is 29.2 Å². The normalized spacial score (nSPS) is 13.5. The van der Waals surface area contributed by atoms with Gasteiger partial charge in [-0.1, -0.05) is 24.3 Å². The average Bonchev–Trinajstić information content (AvgIpc) is 2.91. The smallest absolute Gasteiger partial charge is 0.304 e. The molecule has 41 heavy (non-hydrogen) atoms. The molecule has 0 unspecified atom stereocenters. The van der Waals surface area contributed by atoms with Crippen molar-refractivity contribution in [2.24, 2.45) is 5.73 Å². The topological polar surface area (TPSA) is 161 Å². The number of hydrogen-bond acceptors (Lipinski definition) is 6. The Bertz CT molecular complexity index is 1490. The van der Waals surface area contributed by atoms with Crippen LogP contribution in [0.4, 0.5) is 5.69 Å². The Labute approximate surface area is 252 Å². The number of piperidine rings is 1. The number of fused-ring (bicyclic) bond motifs is 1. The predicted molar refractivity (Wildman–Crippen MR) is 167 cm³/mol. The molecule has 10 nitrogen and oxygen atoms in total. The summed E-state index contributed by atoms with van der Waals surface area (Å²) in [5, 5.41) is 26.3. The lowest BCUT2D eigenvalue weighted by Gasteiger charge is -2.33. The standard InChI is InChI=1S/C28H33N5O5S.2ClH/c1-19(29)32-13-10-26(11-14-32)38-25-8-6-24(7-9-25)33(39(36,37)15-12-27(34)35)18-20-2-3-21-4-5-22(28(30)31)17-23(21)16-20;;/h2-9,16-17,26,29H,10-15,18H2,1H3,(H3,30,31)(H,34,35);2*1H. The Morgan fingerprint density at radius 2 is 1.66 bits per heavy atom. The van der Waals surface area contributed by atoms with Crippen LogP contribution in [0, 0.1) is 10.8 Å². The van der Waals surface area contributed by atoms with Gasteiger partial charge < -0.3 is 20.5 Å². The molecule has 3 aromatic carbocycles. The van der Waals surface area contributed by atoms with Crippen LogP contribution in [0.2, 0.25) is 0 Å². The Kier molecular flexibility index (Phi) is 11.8. The summed E-state index contributed by atoms with van der Waals surface area (Å²) < 4.78 is 33.9. The van der Waals surface area contributed by atoms with Gasteiger partial charge in [0, 0.05) is 31.5 Å². The Morgan fingerprint density at radius 3 is 2.24 bits per heavy atom. The van der Waals surface area contributed by atoms with Gasteiger partial charge in [0.05, 0.1) is 30.2 Å². The number of carboxylic acid groups (broad SMARTS) is 1. The van der Waals surface area contributed by atoms with E-state index in [1.165, 1.54) is 4.31 Å². The first-order chi connectivity index (χ1) is 18.5. The number of likely N-dealkylation sites (tertiary alicyclic amines) is 1. The molecule has 0 radical (unpaired) electrons. The lowest BCUT2D eigenvalue weighted by Crippen LogP contribution is -2.40. The highest BCUT2D eigenvalue weighted by Crippen LogP contribution is 2.28. The van der Waals surface area contributed by atoms with Crippen LogP contribution < -0.4 is 14.8 Å². The lowest BCUT2D eigenvalue weighted by molar-refractivity contribution is -0.136. The van der Waals surface area contributed by atoms with Crippen molar-refractivity contribution in [1.82, 2.24) is 4.90 Å². The molecule has 0 spiro atoms. The highest BCUT2D eigenvalue weighted by Gasteiger charge is 2.25. The number of ether oxygens (including phenoxy) is 1. The van der Waals surface area contributed by atoms with Gasteiger partial charge in [0.15, 0.2) is 0 Å². The summed E-state index contributed by atoms with van der Waals surface area (Å²) in [7, 11) is -3.97. The Balaban J connectivity index is 0.00000294. The van der Waals surface area contributed by atoms with Crippen molar-refractivity contribution in [1.29, 1.82) is 10.8 Å². The van der Waals surface area contributed by atoms with Crippen molar-refractivity contribution in [3.05, 3.63) is 71.8 Å². The number of anilines is 1. The van der Waals surface area contributed by atoms with Crippen molar-refractivity contribution in [3.8, 4) is 5.75 Å². The van der Waals surface area contributed by atoms with Gasteiger partial charge in [-0.3, -0.25) is 19.9 Å². The van der Waals surface area contributed by atoms with Crippen molar-refractivity contribution < 1.29 is 23.1 Å². The highest BCUT2D eigenvalue weighted by atomic mass is 35.5. The van der Waals surface area contributed by atoms with Crippen LogP contribution in [-0.4, -0.2) is 61.0 Å². The molecule has 222 valence electrons. The van der Waals surface area contributed by atoms with Gasteiger partial charge in [-0.05, 0) is 59.7 Å². The van der Waals surface area contributed by atoms with Gasteiger partial charge in [0.2, 0.25) is 10.0 Å². The van der Waals surface area contributed by atoms with Crippen molar-refractivity contribution in [2.75, 3.05) is 23.1 Å². The number of hydrogen-bond donors (Lipinski definition) is 4. The first-order valence-corrected chi connectivity index (χ1v) is 14.3. The molecule has 1 saturated heterocycles. The number of nitrogens with two attached hydrogens (primary N) is 1. The average molecular weight is 625 g/mol. The minimum atomic E-state index is -3.97. The van der Waals surface area contributed by atoms with E-state index in [1.54, 1.807) is 43.3 Å². The van der Waals surface area contributed by atoms with E-state index in [0.29, 0.717) is 28.4 Å². The molecular formula is C28H35Cl2N5O5S. The predicted octanol–water partition coefficient (Wildman–Crippen LogP) is 4.62. The van der Waals surface area contributed by atoms with Crippen LogP contribution in [0.25, 0.3) is 10.8 Å². The number of aliphatic carboxylic acids is 1. The van der Waals surface area contributed by atoms with Crippen LogP contribution in [0.1, 0.15) is 37.3 Å². The van der Waals surface area contributed by atoms with Crippen molar-refractivity contribution in [2.45, 2.75) is 38.8 Å². The van der Waals surface area contributed by atoms with E-state index in [4.69, 9.17) is 26.4 Å². The number of benzene rings is 3. The summed E-state index contributed by atoms with van der Waals surface area (Å²) in [5.74, 6) is -0.609. The minimum absolute atomic E-state index is 0. The third-order valence-electron chi connectivity index (χ3n) is 6.80. The van der Waals surface area contributed by atoms with Crippen LogP contribution in [0.5, 0.6) is 5.75 Å². The largest absolute Gasteiger partial charge is 0.490 e. The maximum absolute atomic E-state index is 13.3. The minimum Gasteiger partial charge on any atom is -0.490 e. The van der Waals surface area contributed by atoms with Gasteiger partial charge in [-0.2, -0.15) is 0 Å². The summed E-state index contributed by atoms with van der Waals surface area (Å²) in [4.78, 5) is 13.2. The fraction of sp³-hybridized carbons (Fsp3) is 0.321. The summed E-state index contributed by atoms with van der Waals surface area (Å²) in [6.45, 7) is 3.29. The molecule has 5 N–H and O–H groups in total. The van der Waals surface area contributed by atoms with Gasteiger partial charge in [0.25, 0.3) is 0 Å². The monoisotopic (exact) mass is 623 g/mol. The molecule has 1 fully saturated rings. The second-order valence-corrected chi connectivity index (χ2v) is 11.7. The van der Waals surface area contributed by atoms with E-state index in [9.17, 15) is 13.2 Å². The number of sulfonamides is 1.